The van der Waals surface area contributed by atoms with E-state index in [0.29, 0.717) is 39.4 Å². The highest BCUT2D eigenvalue weighted by Crippen LogP contribution is 2.32. The van der Waals surface area contributed by atoms with Gasteiger partial charge in [0.2, 0.25) is 0 Å². The van der Waals surface area contributed by atoms with Crippen molar-refractivity contribution in [3.05, 3.63) is 139 Å². The fraction of sp³-hybridized carbons (Fsp3) is 0.229. The van der Waals surface area contributed by atoms with Gasteiger partial charge in [0.1, 0.15) is 18.1 Å². The number of fused-ring (bicyclic) bond motifs is 1. The molecule has 5 rings (SSSR count). The summed E-state index contributed by atoms with van der Waals surface area (Å²) in [5.41, 5.74) is 4.28. The lowest BCUT2D eigenvalue weighted by molar-refractivity contribution is -0.143. The maximum atomic E-state index is 14.0. The fourth-order valence-corrected chi connectivity index (χ4v) is 6.04. The summed E-state index contributed by atoms with van der Waals surface area (Å²) in [4.78, 5) is 32.5. The van der Waals surface area contributed by atoms with Gasteiger partial charge in [0.25, 0.3) is 5.56 Å². The Bertz CT molecular complexity index is 1850. The zero-order valence-corrected chi connectivity index (χ0v) is 25.5. The molecule has 3 aromatic carbocycles. The van der Waals surface area contributed by atoms with Crippen LogP contribution in [-0.2, 0) is 22.6 Å². The maximum absolute atomic E-state index is 14.0. The van der Waals surface area contributed by atoms with E-state index in [2.05, 4.69) is 11.6 Å². The third-order valence-corrected chi connectivity index (χ3v) is 7.98. The first kappa shape index (κ1) is 29.8. The van der Waals surface area contributed by atoms with Crippen molar-refractivity contribution in [2.75, 3.05) is 7.11 Å². The SMILES string of the molecule is C=CCc1cc(/C=c2/sc3n(c2=O)[C@H](c2ccc(OC)cc2)C(C(=O)OC(C)C)=C(C)N=3)ccc1OCc1ccccc1. The molecule has 220 valence electrons. The fourth-order valence-electron chi connectivity index (χ4n) is 4.99. The van der Waals surface area contributed by atoms with E-state index in [1.165, 1.54) is 11.3 Å². The zero-order valence-electron chi connectivity index (χ0n) is 24.7. The lowest BCUT2D eigenvalue weighted by Gasteiger charge is -2.25. The molecule has 1 atom stereocenters. The molecule has 0 aliphatic carbocycles. The van der Waals surface area contributed by atoms with Crippen LogP contribution in [-0.4, -0.2) is 23.8 Å². The summed E-state index contributed by atoms with van der Waals surface area (Å²) in [7, 11) is 1.59. The van der Waals surface area contributed by atoms with Crippen LogP contribution in [0.15, 0.2) is 107 Å². The van der Waals surface area contributed by atoms with Gasteiger partial charge in [-0.2, -0.15) is 0 Å². The van der Waals surface area contributed by atoms with Crippen LogP contribution < -0.4 is 24.4 Å². The number of hydrogen-bond acceptors (Lipinski definition) is 7. The van der Waals surface area contributed by atoms with Crippen molar-refractivity contribution < 1.29 is 19.0 Å². The first-order valence-corrected chi connectivity index (χ1v) is 14.9. The van der Waals surface area contributed by atoms with Gasteiger partial charge in [-0.3, -0.25) is 9.36 Å². The van der Waals surface area contributed by atoms with Gasteiger partial charge in [0.05, 0.1) is 35.1 Å². The average molecular weight is 595 g/mol. The maximum Gasteiger partial charge on any atom is 0.338 e. The Morgan fingerprint density at radius 2 is 1.84 bits per heavy atom. The van der Waals surface area contributed by atoms with Crippen LogP contribution in [0.4, 0.5) is 0 Å². The molecule has 0 fully saturated rings. The van der Waals surface area contributed by atoms with Crippen LogP contribution in [0.25, 0.3) is 6.08 Å². The van der Waals surface area contributed by atoms with E-state index in [1.54, 1.807) is 32.4 Å². The summed E-state index contributed by atoms with van der Waals surface area (Å²) in [5, 5.41) is 0. The van der Waals surface area contributed by atoms with Crippen LogP contribution in [0, 0.1) is 0 Å². The second-order valence-electron chi connectivity index (χ2n) is 10.4. The molecule has 8 heteroatoms. The van der Waals surface area contributed by atoms with Crippen molar-refractivity contribution >= 4 is 23.4 Å². The van der Waals surface area contributed by atoms with E-state index >= 15 is 0 Å². The largest absolute Gasteiger partial charge is 0.497 e. The predicted molar refractivity (Wildman–Crippen MR) is 169 cm³/mol. The first-order chi connectivity index (χ1) is 20.8. The van der Waals surface area contributed by atoms with Gasteiger partial charge in [-0.1, -0.05) is 65.9 Å². The summed E-state index contributed by atoms with van der Waals surface area (Å²) in [6.07, 6.45) is 3.98. The number of hydrogen-bond donors (Lipinski definition) is 0. The Labute approximate surface area is 254 Å². The first-order valence-electron chi connectivity index (χ1n) is 14.1. The standard InChI is InChI=1S/C35H34N2O5S/c1-6-10-27-19-25(13-18-29(27)41-21-24-11-8-7-9-12-24)20-30-33(38)37-32(26-14-16-28(40-5)17-15-26)31(34(39)42-22(2)3)23(4)36-35(37)43-30/h6-9,11-20,22,32H,1,10,21H2,2-5H3/b30-20+/t32-/m1/s1. The van der Waals surface area contributed by atoms with Crippen molar-refractivity contribution in [3.8, 4) is 11.5 Å². The molecule has 0 radical (unpaired) electrons. The normalized spacial score (nSPS) is 14.7. The van der Waals surface area contributed by atoms with E-state index < -0.39 is 12.0 Å². The van der Waals surface area contributed by atoms with Crippen LogP contribution >= 0.6 is 11.3 Å². The van der Waals surface area contributed by atoms with Crippen LogP contribution in [0.2, 0.25) is 0 Å². The summed E-state index contributed by atoms with van der Waals surface area (Å²) < 4.78 is 19.1. The number of allylic oxidation sites excluding steroid dienone is 2. The topological polar surface area (TPSA) is 79.1 Å². The molecule has 2 heterocycles. The Hall–Kier alpha value is -4.69. The molecule has 0 bridgehead atoms. The Kier molecular flexibility index (Phi) is 9.07. The molecule has 43 heavy (non-hydrogen) atoms. The van der Waals surface area contributed by atoms with Crippen molar-refractivity contribution in [3.63, 3.8) is 0 Å². The smallest absolute Gasteiger partial charge is 0.338 e. The Morgan fingerprint density at radius 1 is 1.09 bits per heavy atom. The van der Waals surface area contributed by atoms with Crippen LogP contribution in [0.1, 0.15) is 49.1 Å². The summed E-state index contributed by atoms with van der Waals surface area (Å²) in [5.74, 6) is 0.951. The number of nitrogens with zero attached hydrogens (tertiary/aromatic N) is 2. The van der Waals surface area contributed by atoms with Crippen molar-refractivity contribution in [1.82, 2.24) is 4.57 Å². The number of esters is 1. The summed E-state index contributed by atoms with van der Waals surface area (Å²) in [6, 6.07) is 22.5. The second kappa shape index (κ2) is 13.1. The van der Waals surface area contributed by atoms with Gasteiger partial charge in [0.15, 0.2) is 4.80 Å². The number of aromatic nitrogens is 1. The molecule has 0 saturated heterocycles. The number of benzene rings is 3. The molecule has 0 saturated carbocycles. The number of rotatable bonds is 10. The van der Waals surface area contributed by atoms with E-state index in [-0.39, 0.29) is 11.7 Å². The lowest BCUT2D eigenvalue weighted by Crippen LogP contribution is -2.40. The molecular weight excluding hydrogens is 560 g/mol. The molecule has 0 unspecified atom stereocenters. The Balaban J connectivity index is 1.57. The molecule has 7 nitrogen and oxygen atoms in total. The quantitative estimate of drug-likeness (QED) is 0.179. The average Bonchev–Trinajstić information content (AvgIpc) is 3.30. The molecule has 0 amide bonds. The second-order valence-corrected chi connectivity index (χ2v) is 11.5. The molecule has 0 spiro atoms. The van der Waals surface area contributed by atoms with E-state index in [9.17, 15) is 9.59 Å². The Morgan fingerprint density at radius 3 is 2.51 bits per heavy atom. The van der Waals surface area contributed by atoms with Crippen molar-refractivity contribution in [1.29, 1.82) is 0 Å². The number of carbonyl (C=O) groups excluding carboxylic acids is 1. The van der Waals surface area contributed by atoms with E-state index in [4.69, 9.17) is 14.2 Å². The monoisotopic (exact) mass is 594 g/mol. The molecule has 1 aliphatic rings. The highest BCUT2D eigenvalue weighted by molar-refractivity contribution is 7.07. The van der Waals surface area contributed by atoms with Gasteiger partial charge < -0.3 is 14.2 Å². The minimum atomic E-state index is -0.694. The van der Waals surface area contributed by atoms with E-state index in [1.807, 2.05) is 84.9 Å². The molecule has 4 aromatic rings. The third kappa shape index (κ3) is 6.54. The number of carbonyl (C=O) groups is 1. The molecule has 1 aromatic heterocycles. The van der Waals surface area contributed by atoms with Gasteiger partial charge in [-0.05, 0) is 79.8 Å². The molecule has 1 aliphatic heterocycles. The molecule has 0 N–H and O–H groups in total. The number of thiazole rings is 1. The van der Waals surface area contributed by atoms with Gasteiger partial charge in [0, 0.05) is 0 Å². The summed E-state index contributed by atoms with van der Waals surface area (Å²) >= 11 is 1.29. The van der Waals surface area contributed by atoms with Gasteiger partial charge >= 0.3 is 5.97 Å². The van der Waals surface area contributed by atoms with E-state index in [0.717, 1.165) is 28.0 Å². The van der Waals surface area contributed by atoms with Crippen LogP contribution in [0.5, 0.6) is 11.5 Å². The minimum Gasteiger partial charge on any atom is -0.497 e. The number of methoxy groups -OCH3 is 1. The molecular formula is C35H34N2O5S. The van der Waals surface area contributed by atoms with Crippen molar-refractivity contribution in [2.24, 2.45) is 4.99 Å². The van der Waals surface area contributed by atoms with Crippen LogP contribution in [0.3, 0.4) is 0 Å². The van der Waals surface area contributed by atoms with Gasteiger partial charge in [-0.25, -0.2) is 9.79 Å². The minimum absolute atomic E-state index is 0.235. The van der Waals surface area contributed by atoms with Gasteiger partial charge in [-0.15, -0.1) is 6.58 Å². The highest BCUT2D eigenvalue weighted by atomic mass is 32.1. The highest BCUT2D eigenvalue weighted by Gasteiger charge is 2.33. The van der Waals surface area contributed by atoms with Crippen molar-refractivity contribution in [2.45, 2.75) is 45.9 Å². The predicted octanol–water partition coefficient (Wildman–Crippen LogP) is 5.50. The lowest BCUT2D eigenvalue weighted by atomic mass is 9.96. The summed E-state index contributed by atoms with van der Waals surface area (Å²) in [6.45, 7) is 9.72. The third-order valence-electron chi connectivity index (χ3n) is 7.00. The number of ether oxygens (including phenoxy) is 3. The zero-order chi connectivity index (χ0) is 30.5.